The molecule has 5 heteroatoms. The standard InChI is InChI=1S/C16H24ClN3O/c1-3-7-13-8-5-6-9-20(13)16(21)12-10-14(17)15(18-4-2)19-11-12/h10-11,13H,3-9H2,1-2H3,(H,18,19). The minimum atomic E-state index is 0.0607. The van der Waals surface area contributed by atoms with Crippen molar-refractivity contribution in [3.8, 4) is 0 Å². The van der Waals surface area contributed by atoms with Crippen LogP contribution in [0.25, 0.3) is 0 Å². The molecule has 1 atom stereocenters. The van der Waals surface area contributed by atoms with Gasteiger partial charge < -0.3 is 10.2 Å². The van der Waals surface area contributed by atoms with E-state index in [2.05, 4.69) is 17.2 Å². The topological polar surface area (TPSA) is 45.2 Å². The van der Waals surface area contributed by atoms with E-state index in [1.165, 1.54) is 6.42 Å². The maximum Gasteiger partial charge on any atom is 0.255 e. The van der Waals surface area contributed by atoms with Gasteiger partial charge in [0.05, 0.1) is 10.6 Å². The lowest BCUT2D eigenvalue weighted by Crippen LogP contribution is -2.43. The summed E-state index contributed by atoms with van der Waals surface area (Å²) in [5, 5.41) is 3.59. The predicted octanol–water partition coefficient (Wildman–Crippen LogP) is 3.96. The Morgan fingerprint density at radius 3 is 2.95 bits per heavy atom. The first-order valence-electron chi connectivity index (χ1n) is 7.87. The molecular weight excluding hydrogens is 286 g/mol. The number of carbonyl (C=O) groups is 1. The van der Waals surface area contributed by atoms with Crippen molar-refractivity contribution in [2.45, 2.75) is 52.0 Å². The quantitative estimate of drug-likeness (QED) is 0.895. The molecule has 1 aliphatic rings. The molecule has 1 N–H and O–H groups in total. The first kappa shape index (κ1) is 16.1. The van der Waals surface area contributed by atoms with E-state index in [1.54, 1.807) is 12.3 Å². The lowest BCUT2D eigenvalue weighted by atomic mass is 9.97. The summed E-state index contributed by atoms with van der Waals surface area (Å²) in [4.78, 5) is 19.0. The van der Waals surface area contributed by atoms with Crippen LogP contribution in [0.4, 0.5) is 5.82 Å². The van der Waals surface area contributed by atoms with Gasteiger partial charge in [-0.25, -0.2) is 4.98 Å². The summed E-state index contributed by atoms with van der Waals surface area (Å²) in [6, 6.07) is 2.09. The number of piperidine rings is 1. The number of halogens is 1. The van der Waals surface area contributed by atoms with Gasteiger partial charge >= 0.3 is 0 Å². The Bertz CT molecular complexity index is 490. The highest BCUT2D eigenvalue weighted by atomic mass is 35.5. The molecule has 0 aliphatic carbocycles. The van der Waals surface area contributed by atoms with Crippen molar-refractivity contribution in [1.29, 1.82) is 0 Å². The second-order valence-electron chi connectivity index (χ2n) is 5.52. The summed E-state index contributed by atoms with van der Waals surface area (Å²) in [5.41, 5.74) is 0.588. The highest BCUT2D eigenvalue weighted by Gasteiger charge is 2.27. The third kappa shape index (κ3) is 3.88. The Morgan fingerprint density at radius 2 is 2.29 bits per heavy atom. The van der Waals surface area contributed by atoms with Crippen molar-refractivity contribution >= 4 is 23.3 Å². The molecule has 1 fully saturated rings. The van der Waals surface area contributed by atoms with Crippen LogP contribution in [0.5, 0.6) is 0 Å². The van der Waals surface area contributed by atoms with Crippen LogP contribution in [0.15, 0.2) is 12.3 Å². The Morgan fingerprint density at radius 1 is 1.48 bits per heavy atom. The Balaban J connectivity index is 2.16. The molecule has 2 heterocycles. The number of carbonyl (C=O) groups excluding carboxylic acids is 1. The number of pyridine rings is 1. The first-order chi connectivity index (χ1) is 10.2. The Labute approximate surface area is 131 Å². The molecule has 1 unspecified atom stereocenters. The molecule has 0 radical (unpaired) electrons. The third-order valence-electron chi connectivity index (χ3n) is 3.94. The Kier molecular flexibility index (Phi) is 5.85. The SMILES string of the molecule is CCCC1CCCCN1C(=O)c1cnc(NCC)c(Cl)c1. The molecule has 1 aliphatic heterocycles. The zero-order chi connectivity index (χ0) is 15.2. The number of anilines is 1. The second kappa shape index (κ2) is 7.64. The van der Waals surface area contributed by atoms with Crippen LogP contribution in [-0.2, 0) is 0 Å². The van der Waals surface area contributed by atoms with Gasteiger partial charge in [-0.05, 0) is 38.7 Å². The van der Waals surface area contributed by atoms with Gasteiger partial charge in [-0.2, -0.15) is 0 Å². The number of hydrogen-bond acceptors (Lipinski definition) is 3. The average Bonchev–Trinajstić information content (AvgIpc) is 2.50. The van der Waals surface area contributed by atoms with E-state index >= 15 is 0 Å². The second-order valence-corrected chi connectivity index (χ2v) is 5.93. The molecule has 1 aromatic rings. The molecule has 2 rings (SSSR count). The minimum absolute atomic E-state index is 0.0607. The lowest BCUT2D eigenvalue weighted by Gasteiger charge is -2.35. The van der Waals surface area contributed by atoms with E-state index < -0.39 is 0 Å². The summed E-state index contributed by atoms with van der Waals surface area (Å²) >= 11 is 6.19. The number of rotatable bonds is 5. The summed E-state index contributed by atoms with van der Waals surface area (Å²) in [5.74, 6) is 0.699. The van der Waals surface area contributed by atoms with Gasteiger partial charge in [0.25, 0.3) is 5.91 Å². The molecule has 0 aromatic carbocycles. The van der Waals surface area contributed by atoms with Crippen LogP contribution in [0, 0.1) is 0 Å². The zero-order valence-corrected chi connectivity index (χ0v) is 13.6. The van der Waals surface area contributed by atoms with E-state index in [0.29, 0.717) is 22.4 Å². The molecule has 21 heavy (non-hydrogen) atoms. The molecule has 116 valence electrons. The van der Waals surface area contributed by atoms with Gasteiger partial charge in [0.1, 0.15) is 5.82 Å². The number of amides is 1. The fraction of sp³-hybridized carbons (Fsp3) is 0.625. The van der Waals surface area contributed by atoms with Crippen molar-refractivity contribution < 1.29 is 4.79 Å². The minimum Gasteiger partial charge on any atom is -0.369 e. The number of nitrogens with zero attached hydrogens (tertiary/aromatic N) is 2. The van der Waals surface area contributed by atoms with Crippen LogP contribution in [-0.4, -0.2) is 34.9 Å². The lowest BCUT2D eigenvalue weighted by molar-refractivity contribution is 0.0600. The van der Waals surface area contributed by atoms with Crippen LogP contribution < -0.4 is 5.32 Å². The predicted molar refractivity (Wildman–Crippen MR) is 87.0 cm³/mol. The highest BCUT2D eigenvalue weighted by Crippen LogP contribution is 2.25. The maximum absolute atomic E-state index is 12.7. The summed E-state index contributed by atoms with van der Waals surface area (Å²) < 4.78 is 0. The van der Waals surface area contributed by atoms with Gasteiger partial charge in [-0.15, -0.1) is 0 Å². The maximum atomic E-state index is 12.7. The first-order valence-corrected chi connectivity index (χ1v) is 8.25. The average molecular weight is 310 g/mol. The van der Waals surface area contributed by atoms with Crippen molar-refractivity contribution in [3.05, 3.63) is 22.8 Å². The van der Waals surface area contributed by atoms with Crippen molar-refractivity contribution in [3.63, 3.8) is 0 Å². The monoisotopic (exact) mass is 309 g/mol. The molecule has 1 amide bonds. The van der Waals surface area contributed by atoms with Crippen LogP contribution in [0.1, 0.15) is 56.3 Å². The van der Waals surface area contributed by atoms with Crippen molar-refractivity contribution in [2.75, 3.05) is 18.4 Å². The van der Waals surface area contributed by atoms with E-state index in [9.17, 15) is 4.79 Å². The zero-order valence-electron chi connectivity index (χ0n) is 12.9. The smallest absolute Gasteiger partial charge is 0.255 e. The van der Waals surface area contributed by atoms with Gasteiger partial charge in [-0.3, -0.25) is 4.79 Å². The van der Waals surface area contributed by atoms with E-state index in [4.69, 9.17) is 11.6 Å². The van der Waals surface area contributed by atoms with Gasteiger partial charge in [-0.1, -0.05) is 24.9 Å². The molecule has 4 nitrogen and oxygen atoms in total. The van der Waals surface area contributed by atoms with E-state index in [-0.39, 0.29) is 5.91 Å². The summed E-state index contributed by atoms with van der Waals surface area (Å²) in [6.07, 6.45) is 7.21. The molecule has 0 spiro atoms. The number of aromatic nitrogens is 1. The number of nitrogens with one attached hydrogen (secondary N) is 1. The number of likely N-dealkylation sites (tertiary alicyclic amines) is 1. The summed E-state index contributed by atoms with van der Waals surface area (Å²) in [7, 11) is 0. The van der Waals surface area contributed by atoms with Crippen LogP contribution in [0.3, 0.4) is 0 Å². The van der Waals surface area contributed by atoms with E-state index in [1.807, 2.05) is 11.8 Å². The molecule has 1 aromatic heterocycles. The van der Waals surface area contributed by atoms with Crippen molar-refractivity contribution in [1.82, 2.24) is 9.88 Å². The van der Waals surface area contributed by atoms with Gasteiger partial charge in [0.2, 0.25) is 0 Å². The largest absolute Gasteiger partial charge is 0.369 e. The van der Waals surface area contributed by atoms with Crippen LogP contribution in [0.2, 0.25) is 5.02 Å². The molecule has 0 saturated carbocycles. The fourth-order valence-corrected chi connectivity index (χ4v) is 3.15. The van der Waals surface area contributed by atoms with Gasteiger partial charge in [0, 0.05) is 25.3 Å². The molecule has 0 bridgehead atoms. The molecule has 1 saturated heterocycles. The van der Waals surface area contributed by atoms with E-state index in [0.717, 1.165) is 38.8 Å². The normalized spacial score (nSPS) is 18.6. The highest BCUT2D eigenvalue weighted by molar-refractivity contribution is 6.33. The fourth-order valence-electron chi connectivity index (χ4n) is 2.92. The van der Waals surface area contributed by atoms with Crippen molar-refractivity contribution in [2.24, 2.45) is 0 Å². The van der Waals surface area contributed by atoms with Gasteiger partial charge in [0.15, 0.2) is 0 Å². The molecular formula is C16H24ClN3O. The third-order valence-corrected chi connectivity index (χ3v) is 4.23. The van der Waals surface area contributed by atoms with Crippen LogP contribution >= 0.6 is 11.6 Å². The number of hydrogen-bond donors (Lipinski definition) is 1. The Hall–Kier alpha value is -1.29. The summed E-state index contributed by atoms with van der Waals surface area (Å²) in [6.45, 7) is 5.75.